The Labute approximate surface area is 88.1 Å². The maximum Gasteiger partial charge on any atom is 0.0160 e. The Hall–Kier alpha value is 0.310. The van der Waals surface area contributed by atoms with Gasteiger partial charge in [-0.2, -0.15) is 11.8 Å². The molecule has 0 spiro atoms. The summed E-state index contributed by atoms with van der Waals surface area (Å²) in [5, 5.41) is 3.55. The van der Waals surface area contributed by atoms with Crippen LogP contribution in [-0.4, -0.2) is 24.1 Å². The van der Waals surface area contributed by atoms with Gasteiger partial charge in [-0.15, -0.1) is 0 Å². The van der Waals surface area contributed by atoms with Gasteiger partial charge in [0.05, 0.1) is 0 Å². The normalized spacial score (nSPS) is 13.6. The van der Waals surface area contributed by atoms with Crippen LogP contribution in [0.4, 0.5) is 0 Å². The summed E-state index contributed by atoms with van der Waals surface area (Å²) in [6.45, 7) is 10.1. The van der Waals surface area contributed by atoms with Crippen LogP contribution in [0.15, 0.2) is 0 Å². The first-order chi connectivity index (χ1) is 6.20. The number of rotatable bonds is 8. The maximum atomic E-state index is 3.55. The first-order valence-electron chi connectivity index (χ1n) is 5.51. The Balaban J connectivity index is 3.53. The van der Waals surface area contributed by atoms with Crippen LogP contribution >= 0.6 is 11.8 Å². The van der Waals surface area contributed by atoms with Gasteiger partial charge in [-0.1, -0.05) is 27.7 Å². The van der Waals surface area contributed by atoms with Crippen molar-refractivity contribution in [1.29, 1.82) is 0 Å². The van der Waals surface area contributed by atoms with Gasteiger partial charge in [0.25, 0.3) is 0 Å². The average molecular weight is 203 g/mol. The van der Waals surface area contributed by atoms with Gasteiger partial charge in [0, 0.05) is 11.8 Å². The van der Waals surface area contributed by atoms with Crippen LogP contribution in [0.3, 0.4) is 0 Å². The summed E-state index contributed by atoms with van der Waals surface area (Å²) >= 11 is 2.08. The summed E-state index contributed by atoms with van der Waals surface area (Å²) in [6, 6.07) is 0.724. The lowest BCUT2D eigenvalue weighted by molar-refractivity contribution is 0.456. The molecular weight excluding hydrogens is 178 g/mol. The topological polar surface area (TPSA) is 12.0 Å². The van der Waals surface area contributed by atoms with Crippen molar-refractivity contribution in [2.24, 2.45) is 5.92 Å². The number of hydrogen-bond acceptors (Lipinski definition) is 2. The molecule has 0 amide bonds. The maximum absolute atomic E-state index is 3.55. The second kappa shape index (κ2) is 8.89. The molecule has 0 rings (SSSR count). The summed E-state index contributed by atoms with van der Waals surface area (Å²) in [5.41, 5.74) is 0. The van der Waals surface area contributed by atoms with E-state index in [0.29, 0.717) is 0 Å². The Kier molecular flexibility index (Phi) is 9.10. The fourth-order valence-corrected chi connectivity index (χ4v) is 2.43. The molecule has 0 aliphatic carbocycles. The van der Waals surface area contributed by atoms with Crippen molar-refractivity contribution in [2.75, 3.05) is 18.1 Å². The lowest BCUT2D eigenvalue weighted by atomic mass is 10.1. The summed E-state index contributed by atoms with van der Waals surface area (Å²) in [4.78, 5) is 0. The van der Waals surface area contributed by atoms with E-state index in [1.165, 1.54) is 24.3 Å². The fraction of sp³-hybridized carbons (Fsp3) is 1.00. The zero-order valence-electron chi connectivity index (χ0n) is 9.60. The second-order valence-corrected chi connectivity index (χ2v) is 5.11. The minimum absolute atomic E-state index is 0.724. The molecule has 1 unspecified atom stereocenters. The molecular formula is C11H25NS. The van der Waals surface area contributed by atoms with Crippen LogP contribution in [0.2, 0.25) is 0 Å². The number of nitrogens with one attached hydrogen (secondary N) is 1. The molecule has 0 heterocycles. The van der Waals surface area contributed by atoms with E-state index in [-0.39, 0.29) is 0 Å². The van der Waals surface area contributed by atoms with Gasteiger partial charge in [0.15, 0.2) is 0 Å². The quantitative estimate of drug-likeness (QED) is 0.608. The minimum Gasteiger partial charge on any atom is -0.313 e. The van der Waals surface area contributed by atoms with E-state index in [4.69, 9.17) is 0 Å². The van der Waals surface area contributed by atoms with Gasteiger partial charge in [0.1, 0.15) is 0 Å². The molecule has 0 aliphatic rings. The van der Waals surface area contributed by atoms with Crippen molar-refractivity contribution in [1.82, 2.24) is 5.32 Å². The van der Waals surface area contributed by atoms with E-state index >= 15 is 0 Å². The van der Waals surface area contributed by atoms with Gasteiger partial charge < -0.3 is 5.32 Å². The third-order valence-corrected chi connectivity index (χ3v) is 3.25. The lowest BCUT2D eigenvalue weighted by Gasteiger charge is -2.19. The Morgan fingerprint density at radius 1 is 1.23 bits per heavy atom. The number of thioether (sulfide) groups is 1. The van der Waals surface area contributed by atoms with Crippen LogP contribution < -0.4 is 5.32 Å². The van der Waals surface area contributed by atoms with Crippen LogP contribution in [0.25, 0.3) is 0 Å². The van der Waals surface area contributed by atoms with Crippen LogP contribution in [0, 0.1) is 5.92 Å². The Morgan fingerprint density at radius 2 is 1.92 bits per heavy atom. The van der Waals surface area contributed by atoms with E-state index in [1.807, 2.05) is 0 Å². The largest absolute Gasteiger partial charge is 0.313 e. The SMILES string of the molecule is CCCSCC(CC(C)C)NCC. The highest BCUT2D eigenvalue weighted by atomic mass is 32.2. The molecule has 1 N–H and O–H groups in total. The van der Waals surface area contributed by atoms with Crippen LogP contribution in [-0.2, 0) is 0 Å². The number of hydrogen-bond donors (Lipinski definition) is 1. The molecule has 0 saturated carbocycles. The molecule has 0 aromatic rings. The monoisotopic (exact) mass is 203 g/mol. The van der Waals surface area contributed by atoms with Crippen molar-refractivity contribution in [3.63, 3.8) is 0 Å². The van der Waals surface area contributed by atoms with Crippen molar-refractivity contribution >= 4 is 11.8 Å². The lowest BCUT2D eigenvalue weighted by Crippen LogP contribution is -2.32. The minimum atomic E-state index is 0.724. The van der Waals surface area contributed by atoms with E-state index in [9.17, 15) is 0 Å². The van der Waals surface area contributed by atoms with E-state index in [1.54, 1.807) is 0 Å². The van der Waals surface area contributed by atoms with Gasteiger partial charge in [-0.05, 0) is 31.1 Å². The highest BCUT2D eigenvalue weighted by Gasteiger charge is 2.08. The zero-order valence-corrected chi connectivity index (χ0v) is 10.4. The Bertz CT molecular complexity index is 104. The van der Waals surface area contributed by atoms with Gasteiger partial charge >= 0.3 is 0 Å². The highest BCUT2D eigenvalue weighted by Crippen LogP contribution is 2.11. The first-order valence-corrected chi connectivity index (χ1v) is 6.67. The predicted octanol–water partition coefficient (Wildman–Crippen LogP) is 3.15. The molecule has 13 heavy (non-hydrogen) atoms. The third-order valence-electron chi connectivity index (χ3n) is 1.92. The van der Waals surface area contributed by atoms with Crippen molar-refractivity contribution in [2.45, 2.75) is 46.6 Å². The molecule has 0 aliphatic heterocycles. The van der Waals surface area contributed by atoms with Crippen LogP contribution in [0.5, 0.6) is 0 Å². The van der Waals surface area contributed by atoms with Crippen molar-refractivity contribution in [3.8, 4) is 0 Å². The molecule has 0 fully saturated rings. The molecule has 80 valence electrons. The summed E-state index contributed by atoms with van der Waals surface area (Å²) in [6.07, 6.45) is 2.61. The van der Waals surface area contributed by atoms with Crippen LogP contribution in [0.1, 0.15) is 40.5 Å². The molecule has 0 aromatic carbocycles. The molecule has 0 radical (unpaired) electrons. The average Bonchev–Trinajstić information content (AvgIpc) is 2.04. The van der Waals surface area contributed by atoms with Crippen molar-refractivity contribution in [3.05, 3.63) is 0 Å². The fourth-order valence-electron chi connectivity index (χ4n) is 1.44. The summed E-state index contributed by atoms with van der Waals surface area (Å²) in [5.74, 6) is 3.39. The van der Waals surface area contributed by atoms with E-state index in [0.717, 1.165) is 18.5 Å². The van der Waals surface area contributed by atoms with Crippen molar-refractivity contribution < 1.29 is 0 Å². The highest BCUT2D eigenvalue weighted by molar-refractivity contribution is 7.99. The molecule has 2 heteroatoms. The zero-order chi connectivity index (χ0) is 10.1. The summed E-state index contributed by atoms with van der Waals surface area (Å²) in [7, 11) is 0. The van der Waals surface area contributed by atoms with Gasteiger partial charge in [-0.25, -0.2) is 0 Å². The second-order valence-electron chi connectivity index (χ2n) is 3.96. The first kappa shape index (κ1) is 13.3. The standard InChI is InChI=1S/C11H25NS/c1-5-7-13-9-11(12-6-2)8-10(3)4/h10-12H,5-9H2,1-4H3. The van der Waals surface area contributed by atoms with E-state index in [2.05, 4.69) is 44.8 Å². The molecule has 1 atom stereocenters. The molecule has 0 aromatic heterocycles. The molecule has 0 bridgehead atoms. The van der Waals surface area contributed by atoms with E-state index < -0.39 is 0 Å². The summed E-state index contributed by atoms with van der Waals surface area (Å²) < 4.78 is 0. The predicted molar refractivity (Wildman–Crippen MR) is 64.5 cm³/mol. The Morgan fingerprint density at radius 3 is 2.38 bits per heavy atom. The smallest absolute Gasteiger partial charge is 0.0160 e. The third kappa shape index (κ3) is 8.63. The molecule has 1 nitrogen and oxygen atoms in total. The van der Waals surface area contributed by atoms with Gasteiger partial charge in [0.2, 0.25) is 0 Å². The van der Waals surface area contributed by atoms with Gasteiger partial charge in [-0.3, -0.25) is 0 Å². The molecule has 0 saturated heterocycles.